The molecule has 74 valence electrons. The molecule has 0 heterocycles. The van der Waals surface area contributed by atoms with Crippen molar-refractivity contribution in [2.24, 2.45) is 0 Å². The summed E-state index contributed by atoms with van der Waals surface area (Å²) in [6.07, 6.45) is 5.70. The molecule has 0 fully saturated rings. The van der Waals surface area contributed by atoms with Crippen LogP contribution in [0, 0.1) is 0 Å². The van der Waals surface area contributed by atoms with Gasteiger partial charge in [-0.25, -0.2) is 0 Å². The van der Waals surface area contributed by atoms with Crippen LogP contribution in [0.2, 0.25) is 0 Å². The summed E-state index contributed by atoms with van der Waals surface area (Å²) in [5.41, 5.74) is 0. The Morgan fingerprint density at radius 3 is 1.67 bits per heavy atom. The van der Waals surface area contributed by atoms with Crippen LogP contribution >= 0.6 is 29.1 Å². The molecular weight excluding hydrogens is 203 g/mol. The predicted octanol–water partition coefficient (Wildman–Crippen LogP) is 4.99. The summed E-state index contributed by atoms with van der Waals surface area (Å²) in [5.74, 6) is 2.75. The zero-order valence-electron chi connectivity index (χ0n) is 8.51. The van der Waals surface area contributed by atoms with Crippen LogP contribution < -0.4 is 0 Å². The molecule has 0 nitrogen and oxygen atoms in total. The van der Waals surface area contributed by atoms with Gasteiger partial charge in [-0.2, -0.15) is 0 Å². The van der Waals surface area contributed by atoms with E-state index in [4.69, 9.17) is 0 Å². The second-order valence-corrected chi connectivity index (χ2v) is 10.6. The maximum atomic E-state index is 2.40. The normalized spacial score (nSPS) is 11.0. The van der Waals surface area contributed by atoms with E-state index >= 15 is 0 Å². The van der Waals surface area contributed by atoms with E-state index in [9.17, 15) is 0 Å². The van der Waals surface area contributed by atoms with E-state index in [1.54, 1.807) is 0 Å². The molecule has 0 N–H and O–H groups in total. The fourth-order valence-electron chi connectivity index (χ4n) is 0.712. The molecule has 0 aromatic rings. The van der Waals surface area contributed by atoms with Crippen LogP contribution in [0.25, 0.3) is 0 Å². The minimum absolute atomic E-state index is 0.230. The Hall–Kier alpha value is 1.13. The lowest BCUT2D eigenvalue weighted by atomic mass is 10.4. The summed E-state index contributed by atoms with van der Waals surface area (Å²) in [7, 11) is 0. The molecule has 0 saturated heterocycles. The van der Waals surface area contributed by atoms with Gasteiger partial charge in [-0.15, -0.1) is 22.8 Å². The molecule has 0 unspecified atom stereocenters. The van der Waals surface area contributed by atoms with Crippen LogP contribution in [0.1, 0.15) is 39.5 Å². The van der Waals surface area contributed by atoms with Crippen molar-refractivity contribution < 1.29 is 0 Å². The summed E-state index contributed by atoms with van der Waals surface area (Å²) >= 11 is 4.36. The number of rotatable bonds is 8. The Morgan fingerprint density at radius 1 is 0.917 bits per heavy atom. The van der Waals surface area contributed by atoms with Crippen molar-refractivity contribution in [2.75, 3.05) is 18.2 Å². The fourth-order valence-corrected chi connectivity index (χ4v) is 6.69. The first-order chi connectivity index (χ1) is 5.81. The Bertz CT molecular complexity index is 78.6. The average Bonchev–Trinajstić information content (AvgIpc) is 2.06. The molecule has 0 saturated carbocycles. The lowest BCUT2D eigenvalue weighted by Gasteiger charge is -2.09. The number of hydrogen-bond donors (Lipinski definition) is 0. The van der Waals surface area contributed by atoms with Gasteiger partial charge in [0.1, 0.15) is 0 Å². The van der Waals surface area contributed by atoms with Crippen molar-refractivity contribution in [1.82, 2.24) is 0 Å². The van der Waals surface area contributed by atoms with Gasteiger partial charge in [0.2, 0.25) is 0 Å². The standard InChI is InChI=1S/C9H21PS2/c1-4-6-8-11-10(3)12-9-7-5-2/h4-9H2,1-3H3. The smallest absolute Gasteiger partial charge is 0.00903 e. The highest BCUT2D eigenvalue weighted by atomic mass is 33.1. The van der Waals surface area contributed by atoms with E-state index in [0.29, 0.717) is 0 Å². The molecule has 0 spiro atoms. The number of unbranched alkanes of at least 4 members (excludes halogenated alkanes) is 2. The van der Waals surface area contributed by atoms with Gasteiger partial charge in [0.05, 0.1) is 0 Å². The van der Waals surface area contributed by atoms with Crippen LogP contribution in [0.15, 0.2) is 0 Å². The van der Waals surface area contributed by atoms with Gasteiger partial charge in [0.15, 0.2) is 0 Å². The van der Waals surface area contributed by atoms with Gasteiger partial charge in [0, 0.05) is 6.33 Å². The van der Waals surface area contributed by atoms with Crippen LogP contribution in [0.3, 0.4) is 0 Å². The van der Waals surface area contributed by atoms with Crippen molar-refractivity contribution in [1.29, 1.82) is 0 Å². The average molecular weight is 224 g/mol. The lowest BCUT2D eigenvalue weighted by Crippen LogP contribution is -1.76. The minimum Gasteiger partial charge on any atom is -0.123 e. The van der Waals surface area contributed by atoms with Crippen molar-refractivity contribution in [3.8, 4) is 0 Å². The molecule has 0 amide bonds. The van der Waals surface area contributed by atoms with E-state index in [1.807, 2.05) is 0 Å². The van der Waals surface area contributed by atoms with E-state index < -0.39 is 0 Å². The monoisotopic (exact) mass is 224 g/mol. The van der Waals surface area contributed by atoms with Gasteiger partial charge in [-0.05, 0) is 31.0 Å². The molecule has 0 aliphatic rings. The molecule has 0 aliphatic carbocycles. The van der Waals surface area contributed by atoms with Gasteiger partial charge < -0.3 is 0 Å². The first-order valence-electron chi connectivity index (χ1n) is 4.80. The topological polar surface area (TPSA) is 0 Å². The first kappa shape index (κ1) is 13.1. The van der Waals surface area contributed by atoms with Crippen molar-refractivity contribution >= 4 is 29.1 Å². The molecule has 0 radical (unpaired) electrons. The second-order valence-electron chi connectivity index (χ2n) is 2.81. The molecule has 0 rings (SSSR count). The van der Waals surface area contributed by atoms with Crippen molar-refractivity contribution in [3.05, 3.63) is 0 Å². The zero-order chi connectivity index (χ0) is 9.23. The summed E-state index contributed by atoms with van der Waals surface area (Å²) in [5, 5.41) is 0. The first-order valence-corrected chi connectivity index (χ1v) is 9.77. The Labute approximate surface area is 86.9 Å². The predicted molar refractivity (Wildman–Crippen MR) is 67.6 cm³/mol. The third-order valence-electron chi connectivity index (χ3n) is 1.54. The minimum atomic E-state index is 0.230. The quantitative estimate of drug-likeness (QED) is 0.420. The van der Waals surface area contributed by atoms with Gasteiger partial charge in [-0.1, -0.05) is 26.7 Å². The van der Waals surface area contributed by atoms with Gasteiger partial charge in [0.25, 0.3) is 0 Å². The summed E-state index contributed by atoms with van der Waals surface area (Å²) in [4.78, 5) is 0. The molecule has 0 bridgehead atoms. The molecule has 0 aromatic heterocycles. The Kier molecular flexibility index (Phi) is 11.2. The van der Waals surface area contributed by atoms with E-state index in [-0.39, 0.29) is 6.33 Å². The fraction of sp³-hybridized carbons (Fsp3) is 1.00. The molecular formula is C9H21PS2. The highest BCUT2D eigenvalue weighted by Crippen LogP contribution is 2.58. The van der Waals surface area contributed by atoms with Crippen LogP contribution in [0.5, 0.6) is 0 Å². The summed E-state index contributed by atoms with van der Waals surface area (Å²) in [6.45, 7) is 6.93. The van der Waals surface area contributed by atoms with Gasteiger partial charge in [-0.3, -0.25) is 0 Å². The summed E-state index contributed by atoms with van der Waals surface area (Å²) in [6, 6.07) is 0. The van der Waals surface area contributed by atoms with Crippen molar-refractivity contribution in [2.45, 2.75) is 39.5 Å². The maximum Gasteiger partial charge on any atom is 0.00903 e. The lowest BCUT2D eigenvalue weighted by molar-refractivity contribution is 0.898. The zero-order valence-corrected chi connectivity index (χ0v) is 11.0. The molecule has 3 heteroatoms. The van der Waals surface area contributed by atoms with Crippen LogP contribution in [-0.4, -0.2) is 18.2 Å². The second kappa shape index (κ2) is 10.2. The molecule has 0 atom stereocenters. The van der Waals surface area contributed by atoms with E-state index in [2.05, 4.69) is 43.3 Å². The SMILES string of the molecule is CCCCSP(C)SCCCC. The summed E-state index contributed by atoms with van der Waals surface area (Å²) < 4.78 is 0. The van der Waals surface area contributed by atoms with Crippen molar-refractivity contribution in [3.63, 3.8) is 0 Å². The maximum absolute atomic E-state index is 2.40. The highest BCUT2D eigenvalue weighted by Gasteiger charge is 2.00. The largest absolute Gasteiger partial charge is 0.123 e. The Balaban J connectivity index is 3.04. The molecule has 12 heavy (non-hydrogen) atoms. The third kappa shape index (κ3) is 9.22. The number of hydrogen-bond acceptors (Lipinski definition) is 2. The highest BCUT2D eigenvalue weighted by molar-refractivity contribution is 8.88. The third-order valence-corrected chi connectivity index (χ3v) is 8.39. The van der Waals surface area contributed by atoms with E-state index in [1.165, 1.54) is 37.2 Å². The molecule has 0 aliphatic heterocycles. The Morgan fingerprint density at radius 2 is 1.33 bits per heavy atom. The van der Waals surface area contributed by atoms with Crippen LogP contribution in [-0.2, 0) is 0 Å². The molecule has 0 aromatic carbocycles. The van der Waals surface area contributed by atoms with Crippen LogP contribution in [0.4, 0.5) is 0 Å². The van der Waals surface area contributed by atoms with Gasteiger partial charge >= 0.3 is 0 Å². The van der Waals surface area contributed by atoms with E-state index in [0.717, 1.165) is 0 Å².